The van der Waals surface area contributed by atoms with Gasteiger partial charge in [-0.05, 0) is 40.5 Å². The van der Waals surface area contributed by atoms with Crippen molar-refractivity contribution in [1.82, 2.24) is 0 Å². The van der Waals surface area contributed by atoms with Crippen molar-refractivity contribution >= 4 is 0 Å². The van der Waals surface area contributed by atoms with Crippen LogP contribution in [0.5, 0.6) is 0 Å². The maximum Gasteiger partial charge on any atom is 0.213 e. The molecule has 0 aliphatic carbocycles. The topological polar surface area (TPSA) is 7.76 Å². The molecule has 2 nitrogen and oxygen atoms in total. The maximum absolute atomic E-state index is 2.61. The van der Waals surface area contributed by atoms with Crippen molar-refractivity contribution in [3.8, 4) is 33.6 Å². The lowest BCUT2D eigenvalue weighted by Gasteiger charge is -2.44. The van der Waals surface area contributed by atoms with Crippen LogP contribution in [0.4, 0.5) is 0 Å². The molecule has 186 valence electrons. The monoisotopic (exact) mass is 494 g/mol. The Labute approximate surface area is 225 Å². The van der Waals surface area contributed by atoms with Crippen molar-refractivity contribution in [2.24, 2.45) is 0 Å². The fourth-order valence-electron chi connectivity index (χ4n) is 7.49. The van der Waals surface area contributed by atoms with Crippen LogP contribution in [-0.2, 0) is 12.1 Å². The van der Waals surface area contributed by atoms with E-state index >= 15 is 0 Å². The Morgan fingerprint density at radius 2 is 1.29 bits per heavy atom. The van der Waals surface area contributed by atoms with Gasteiger partial charge in [0.2, 0.25) is 11.4 Å². The molecular formula is C36H34N2+2. The van der Waals surface area contributed by atoms with Gasteiger partial charge in [0.1, 0.15) is 0 Å². The number of hydrogen-bond donors (Lipinski definition) is 0. The summed E-state index contributed by atoms with van der Waals surface area (Å²) in [6.45, 7) is 5.75. The molecule has 0 amide bonds. The fraction of sp³-hybridized carbons (Fsp3) is 0.222. The van der Waals surface area contributed by atoms with Gasteiger partial charge in [-0.15, -0.1) is 0 Å². The summed E-state index contributed by atoms with van der Waals surface area (Å²) in [5.41, 5.74) is 10.9. The van der Waals surface area contributed by atoms with Gasteiger partial charge in [0.25, 0.3) is 0 Å². The number of fused-ring (bicyclic) bond motifs is 6. The van der Waals surface area contributed by atoms with E-state index in [1.807, 2.05) is 0 Å². The molecule has 2 aromatic heterocycles. The third-order valence-electron chi connectivity index (χ3n) is 9.29. The van der Waals surface area contributed by atoms with Gasteiger partial charge >= 0.3 is 0 Å². The number of rotatable bonds is 4. The second-order valence-corrected chi connectivity index (χ2v) is 10.8. The molecule has 7 rings (SSSR count). The summed E-state index contributed by atoms with van der Waals surface area (Å²) in [5, 5.41) is 0. The van der Waals surface area contributed by atoms with Crippen molar-refractivity contribution < 1.29 is 9.13 Å². The van der Waals surface area contributed by atoms with Crippen LogP contribution in [0.15, 0.2) is 122 Å². The minimum atomic E-state index is 0.00473. The predicted octanol–water partition coefficient (Wildman–Crippen LogP) is 7.67. The Morgan fingerprint density at radius 1 is 0.632 bits per heavy atom. The molecule has 5 aromatic rings. The van der Waals surface area contributed by atoms with Gasteiger partial charge in [0.15, 0.2) is 24.5 Å². The molecule has 3 aromatic carbocycles. The van der Waals surface area contributed by atoms with Crippen LogP contribution in [0.1, 0.15) is 49.7 Å². The van der Waals surface area contributed by atoms with Gasteiger partial charge in [-0.1, -0.05) is 80.6 Å². The Morgan fingerprint density at radius 3 is 2.05 bits per heavy atom. The molecule has 2 atom stereocenters. The smallest absolute Gasteiger partial charge is 0.198 e. The molecule has 0 spiro atoms. The largest absolute Gasteiger partial charge is 0.213 e. The van der Waals surface area contributed by atoms with Gasteiger partial charge < -0.3 is 0 Å². The van der Waals surface area contributed by atoms with E-state index in [1.54, 1.807) is 0 Å². The van der Waals surface area contributed by atoms with E-state index < -0.39 is 0 Å². The first-order valence-corrected chi connectivity index (χ1v) is 14.0. The molecule has 2 aliphatic rings. The summed E-state index contributed by atoms with van der Waals surface area (Å²) in [6, 6.07) is 40.4. The van der Waals surface area contributed by atoms with Gasteiger partial charge in [-0.3, -0.25) is 0 Å². The van der Waals surface area contributed by atoms with Gasteiger partial charge in [0, 0.05) is 48.2 Å². The minimum Gasteiger partial charge on any atom is -0.198 e. The lowest BCUT2D eigenvalue weighted by atomic mass is 9.62. The van der Waals surface area contributed by atoms with Crippen LogP contribution >= 0.6 is 0 Å². The summed E-state index contributed by atoms with van der Waals surface area (Å²) in [6.07, 6.45) is 6.82. The van der Waals surface area contributed by atoms with Crippen LogP contribution in [0.2, 0.25) is 0 Å². The van der Waals surface area contributed by atoms with Crippen molar-refractivity contribution in [2.45, 2.75) is 50.6 Å². The van der Waals surface area contributed by atoms with Crippen LogP contribution < -0.4 is 9.13 Å². The third-order valence-corrected chi connectivity index (χ3v) is 9.29. The maximum atomic E-state index is 2.61. The molecule has 2 unspecified atom stereocenters. The Bertz CT molecular complexity index is 1630. The van der Waals surface area contributed by atoms with Crippen LogP contribution in [0, 0.1) is 0 Å². The van der Waals surface area contributed by atoms with Crippen molar-refractivity contribution in [3.63, 3.8) is 0 Å². The normalized spacial score (nSPS) is 18.6. The van der Waals surface area contributed by atoms with Crippen molar-refractivity contribution in [1.29, 1.82) is 0 Å². The quantitative estimate of drug-likeness (QED) is 0.226. The van der Waals surface area contributed by atoms with Crippen molar-refractivity contribution in [3.05, 3.63) is 133 Å². The summed E-state index contributed by atoms with van der Waals surface area (Å²) < 4.78 is 5.12. The molecule has 0 N–H and O–H groups in total. The van der Waals surface area contributed by atoms with Crippen LogP contribution in [-0.4, -0.2) is 0 Å². The van der Waals surface area contributed by atoms with Crippen molar-refractivity contribution in [2.75, 3.05) is 0 Å². The van der Waals surface area contributed by atoms with Crippen LogP contribution in [0.25, 0.3) is 33.6 Å². The van der Waals surface area contributed by atoms with E-state index in [4.69, 9.17) is 0 Å². The Hall–Kier alpha value is -4.04. The Balaban J connectivity index is 1.44. The molecule has 0 fully saturated rings. The van der Waals surface area contributed by atoms with E-state index in [0.29, 0.717) is 11.8 Å². The van der Waals surface area contributed by atoms with E-state index in [2.05, 4.69) is 145 Å². The molecule has 0 saturated carbocycles. The average molecular weight is 495 g/mol. The Kier molecular flexibility index (Phi) is 5.51. The summed E-state index contributed by atoms with van der Waals surface area (Å²) in [5.74, 6) is 0.734. The minimum absolute atomic E-state index is 0.00473. The second-order valence-electron chi connectivity index (χ2n) is 10.8. The molecule has 0 radical (unpaired) electrons. The zero-order valence-corrected chi connectivity index (χ0v) is 22.2. The number of aromatic nitrogens is 2. The zero-order chi connectivity index (χ0) is 25.7. The molecular weight excluding hydrogens is 460 g/mol. The predicted molar refractivity (Wildman–Crippen MR) is 154 cm³/mol. The molecule has 4 heterocycles. The lowest BCUT2D eigenvalue weighted by molar-refractivity contribution is -0.766. The molecule has 0 saturated heterocycles. The molecule has 38 heavy (non-hydrogen) atoms. The third kappa shape index (κ3) is 3.33. The first-order chi connectivity index (χ1) is 18.7. The first-order valence-electron chi connectivity index (χ1n) is 14.0. The molecule has 2 heteroatoms. The van der Waals surface area contributed by atoms with E-state index in [-0.39, 0.29) is 5.54 Å². The van der Waals surface area contributed by atoms with Gasteiger partial charge in [-0.25, -0.2) is 0 Å². The summed E-state index contributed by atoms with van der Waals surface area (Å²) >= 11 is 0. The summed E-state index contributed by atoms with van der Waals surface area (Å²) in [4.78, 5) is 0. The average Bonchev–Trinajstić information content (AvgIpc) is 3.00. The summed E-state index contributed by atoms with van der Waals surface area (Å²) in [7, 11) is 0. The number of hydrogen-bond acceptors (Lipinski definition) is 0. The van der Waals surface area contributed by atoms with E-state index in [1.165, 1.54) is 44.8 Å². The number of nitrogens with zero attached hydrogens (tertiary/aromatic N) is 2. The van der Waals surface area contributed by atoms with Gasteiger partial charge in [-0.2, -0.15) is 9.13 Å². The zero-order valence-electron chi connectivity index (χ0n) is 22.2. The molecule has 2 aliphatic heterocycles. The second kappa shape index (κ2) is 9.06. The first kappa shape index (κ1) is 23.1. The van der Waals surface area contributed by atoms with Gasteiger partial charge in [0.05, 0.1) is 11.8 Å². The number of pyridine rings is 2. The number of benzene rings is 3. The molecule has 0 bridgehead atoms. The highest BCUT2D eigenvalue weighted by molar-refractivity contribution is 5.72. The fourth-order valence-corrected chi connectivity index (χ4v) is 7.49. The van der Waals surface area contributed by atoms with E-state index in [9.17, 15) is 0 Å². The SMILES string of the molecule is CCC1(CC)C(C2C[n+]3ccc(-c4ccccc4)cc3-c3ccccc32)c2ccccc2-c2cccc[n+]21. The van der Waals surface area contributed by atoms with Crippen LogP contribution in [0.3, 0.4) is 0 Å². The lowest BCUT2D eigenvalue weighted by Crippen LogP contribution is -2.64. The standard InChI is InChI=1S/C36H34N2/c1-3-36(4-2)35(31-19-11-10-18-30(31)33-20-12-13-22-38(33)36)32-25-37-23-21-27(26-14-6-5-7-15-26)24-34(37)29-17-9-8-16-28(29)32/h5-24,32,35H,3-4,25H2,1-2H3/q+2. The van der Waals surface area contributed by atoms with E-state index in [0.717, 1.165) is 19.4 Å². The highest BCUT2D eigenvalue weighted by Gasteiger charge is 2.56. The highest BCUT2D eigenvalue weighted by atomic mass is 15.1. The highest BCUT2D eigenvalue weighted by Crippen LogP contribution is 2.53.